The van der Waals surface area contributed by atoms with Crippen LogP contribution in [0.15, 0.2) is 146 Å². The molecule has 0 aliphatic carbocycles. The van der Waals surface area contributed by atoms with E-state index < -0.39 is 0 Å². The molecule has 0 amide bonds. The minimum absolute atomic E-state index is 0.521. The predicted molar refractivity (Wildman–Crippen MR) is 185 cm³/mol. The maximum absolute atomic E-state index is 4.25. The van der Waals surface area contributed by atoms with Gasteiger partial charge in [0.1, 0.15) is 0 Å². The number of aromatic nitrogens is 3. The monoisotopic (exact) mass is 574 g/mol. The lowest BCUT2D eigenvalue weighted by molar-refractivity contribution is -0.713. The topological polar surface area (TPSA) is 21.7 Å². The van der Waals surface area contributed by atoms with Crippen LogP contribution >= 0.6 is 0 Å². The van der Waals surface area contributed by atoms with Crippen LogP contribution in [0.25, 0.3) is 50.0 Å². The molecular weight excluding hydrogens is 534 g/mol. The maximum Gasteiger partial charge on any atom is 0.213 e. The van der Waals surface area contributed by atoms with E-state index in [-0.39, 0.29) is 0 Å². The fraction of sp³-hybridized carbons (Fsp3) is 0.171. The Balaban J connectivity index is 0.000000238. The van der Waals surface area contributed by atoms with Gasteiger partial charge in [0.2, 0.25) is 5.69 Å². The molecule has 0 saturated heterocycles. The molecule has 3 heteroatoms. The Morgan fingerprint density at radius 1 is 0.682 bits per heavy atom. The van der Waals surface area contributed by atoms with Crippen molar-refractivity contribution in [2.24, 2.45) is 0 Å². The van der Waals surface area contributed by atoms with Crippen LogP contribution in [0, 0.1) is 6.92 Å². The van der Waals surface area contributed by atoms with Gasteiger partial charge in [0, 0.05) is 53.2 Å². The zero-order chi connectivity index (χ0) is 30.3. The zero-order valence-corrected chi connectivity index (χ0v) is 25.9. The Morgan fingerprint density at radius 2 is 1.34 bits per heavy atom. The molecule has 0 radical (unpaired) electrons. The molecule has 4 aromatic carbocycles. The van der Waals surface area contributed by atoms with Crippen molar-refractivity contribution in [1.82, 2.24) is 9.55 Å². The van der Waals surface area contributed by atoms with Crippen molar-refractivity contribution in [3.63, 3.8) is 0 Å². The molecular formula is C41H40N3+. The summed E-state index contributed by atoms with van der Waals surface area (Å²) in [5.41, 5.74) is 9.81. The van der Waals surface area contributed by atoms with Crippen LogP contribution in [0.2, 0.25) is 0 Å². The third kappa shape index (κ3) is 5.91. The summed E-state index contributed by atoms with van der Waals surface area (Å²) in [6.45, 7) is 6.80. The molecule has 0 N–H and O–H groups in total. The van der Waals surface area contributed by atoms with E-state index in [2.05, 4.69) is 138 Å². The van der Waals surface area contributed by atoms with Gasteiger partial charge in [0.15, 0.2) is 12.2 Å². The first kappa shape index (κ1) is 29.1. The van der Waals surface area contributed by atoms with Gasteiger partial charge in [-0.05, 0) is 61.4 Å². The van der Waals surface area contributed by atoms with E-state index in [1.807, 2.05) is 42.6 Å². The highest BCUT2D eigenvalue weighted by molar-refractivity contribution is 6.09. The first-order chi connectivity index (χ1) is 21.7. The molecule has 0 bridgehead atoms. The highest BCUT2D eigenvalue weighted by Gasteiger charge is 2.23. The number of para-hydroxylation sites is 2. The van der Waals surface area contributed by atoms with E-state index in [1.165, 1.54) is 57.2 Å². The minimum atomic E-state index is 0.521. The van der Waals surface area contributed by atoms with Crippen molar-refractivity contribution in [3.8, 4) is 28.2 Å². The predicted octanol–water partition coefficient (Wildman–Crippen LogP) is 10.5. The lowest BCUT2D eigenvalue weighted by atomic mass is 10.0. The maximum atomic E-state index is 4.25. The molecule has 7 rings (SSSR count). The Hall–Kier alpha value is -5.02. The lowest BCUT2D eigenvalue weighted by Gasteiger charge is -2.15. The Labute approximate surface area is 261 Å². The average Bonchev–Trinajstić information content (AvgIpc) is 3.43. The van der Waals surface area contributed by atoms with Crippen LogP contribution in [-0.2, 0) is 0 Å². The second-order valence-corrected chi connectivity index (χ2v) is 11.3. The molecule has 0 fully saturated rings. The Kier molecular flexibility index (Phi) is 8.93. The highest BCUT2D eigenvalue weighted by Crippen LogP contribution is 2.34. The van der Waals surface area contributed by atoms with E-state index in [1.54, 1.807) is 0 Å². The number of nitrogens with zero attached hydrogens (tertiary/aromatic N) is 3. The molecule has 218 valence electrons. The smallest absolute Gasteiger partial charge is 0.213 e. The van der Waals surface area contributed by atoms with Crippen molar-refractivity contribution in [1.29, 1.82) is 0 Å². The molecule has 0 aliphatic rings. The SMILES string of the molecule is CCCC(CC)[n+]1ccccc1-c1cc(-n2c3ccccc3c3ccccc32)ccc1C.c1ccc(-c2ccccn2)cc1. The number of rotatable bonds is 7. The van der Waals surface area contributed by atoms with Crippen molar-refractivity contribution in [3.05, 3.63) is 151 Å². The van der Waals surface area contributed by atoms with Crippen LogP contribution in [0.1, 0.15) is 44.7 Å². The second-order valence-electron chi connectivity index (χ2n) is 11.3. The molecule has 7 aromatic rings. The van der Waals surface area contributed by atoms with E-state index in [0.29, 0.717) is 6.04 Å². The van der Waals surface area contributed by atoms with E-state index in [0.717, 1.165) is 17.7 Å². The standard InChI is InChI=1S/C30H31N2.C11H9N/c1-4-12-23(5-2)31-20-11-10-15-28(31)27-21-24(19-18-22(27)3)32-29-16-8-6-13-25(29)26-14-7-9-17-30(26)32;1-2-6-10(7-3-1)11-8-4-5-9-12-11/h6-11,13-21,23H,4-5,12H2,1-3H3;1-9H/q+1;. The summed E-state index contributed by atoms with van der Waals surface area (Å²) in [5, 5.41) is 2.60. The molecule has 3 nitrogen and oxygen atoms in total. The van der Waals surface area contributed by atoms with Gasteiger partial charge in [-0.25, -0.2) is 0 Å². The zero-order valence-electron chi connectivity index (χ0n) is 25.9. The Bertz CT molecular complexity index is 1880. The molecule has 1 atom stereocenters. The van der Waals surface area contributed by atoms with Gasteiger partial charge in [0.25, 0.3) is 0 Å². The average molecular weight is 575 g/mol. The summed E-state index contributed by atoms with van der Waals surface area (Å²) in [6, 6.07) is 47.5. The van der Waals surface area contributed by atoms with Gasteiger partial charge >= 0.3 is 0 Å². The van der Waals surface area contributed by atoms with Crippen molar-refractivity contribution < 1.29 is 4.57 Å². The van der Waals surface area contributed by atoms with Crippen molar-refractivity contribution in [2.45, 2.75) is 46.1 Å². The quantitative estimate of drug-likeness (QED) is 0.174. The third-order valence-corrected chi connectivity index (χ3v) is 8.45. The van der Waals surface area contributed by atoms with E-state index >= 15 is 0 Å². The third-order valence-electron chi connectivity index (χ3n) is 8.45. The molecule has 0 saturated carbocycles. The number of hydrogen-bond acceptors (Lipinski definition) is 1. The summed E-state index contributed by atoms with van der Waals surface area (Å²) in [4.78, 5) is 4.25. The molecule has 3 heterocycles. The van der Waals surface area contributed by atoms with Crippen LogP contribution < -0.4 is 4.57 Å². The van der Waals surface area contributed by atoms with Crippen LogP contribution in [0.4, 0.5) is 0 Å². The van der Waals surface area contributed by atoms with Gasteiger partial charge in [-0.2, -0.15) is 4.57 Å². The molecule has 0 aliphatic heterocycles. The van der Waals surface area contributed by atoms with E-state index in [9.17, 15) is 0 Å². The van der Waals surface area contributed by atoms with Gasteiger partial charge < -0.3 is 4.57 Å². The first-order valence-electron chi connectivity index (χ1n) is 15.8. The lowest BCUT2D eigenvalue weighted by Crippen LogP contribution is -2.41. The first-order valence-corrected chi connectivity index (χ1v) is 15.8. The summed E-state index contributed by atoms with van der Waals surface area (Å²) in [6.07, 6.45) is 7.60. The fourth-order valence-electron chi connectivity index (χ4n) is 6.24. The van der Waals surface area contributed by atoms with Gasteiger partial charge in [-0.15, -0.1) is 0 Å². The van der Waals surface area contributed by atoms with Crippen LogP contribution in [0.5, 0.6) is 0 Å². The number of aryl methyl sites for hydroxylation is 1. The van der Waals surface area contributed by atoms with E-state index in [4.69, 9.17) is 0 Å². The molecule has 1 unspecified atom stereocenters. The second kappa shape index (κ2) is 13.5. The number of hydrogen-bond donors (Lipinski definition) is 0. The number of fused-ring (bicyclic) bond motifs is 3. The summed E-state index contributed by atoms with van der Waals surface area (Å²) >= 11 is 0. The minimum Gasteiger partial charge on any atom is -0.309 e. The van der Waals surface area contributed by atoms with Crippen molar-refractivity contribution in [2.75, 3.05) is 0 Å². The Morgan fingerprint density at radius 3 is 2.00 bits per heavy atom. The largest absolute Gasteiger partial charge is 0.309 e. The molecule has 3 aromatic heterocycles. The highest BCUT2D eigenvalue weighted by atomic mass is 15.0. The van der Waals surface area contributed by atoms with Crippen molar-refractivity contribution >= 4 is 21.8 Å². The van der Waals surface area contributed by atoms with Gasteiger partial charge in [0.05, 0.1) is 22.3 Å². The molecule has 44 heavy (non-hydrogen) atoms. The fourth-order valence-corrected chi connectivity index (χ4v) is 6.24. The summed E-state index contributed by atoms with van der Waals surface area (Å²) in [5.74, 6) is 0. The van der Waals surface area contributed by atoms with Crippen LogP contribution in [-0.4, -0.2) is 9.55 Å². The number of pyridine rings is 2. The van der Waals surface area contributed by atoms with Gasteiger partial charge in [-0.3, -0.25) is 4.98 Å². The summed E-state index contributed by atoms with van der Waals surface area (Å²) < 4.78 is 4.89. The number of benzene rings is 4. The molecule has 0 spiro atoms. The normalized spacial score (nSPS) is 11.7. The van der Waals surface area contributed by atoms with Gasteiger partial charge in [-0.1, -0.05) is 92.7 Å². The summed E-state index contributed by atoms with van der Waals surface area (Å²) in [7, 11) is 0. The van der Waals surface area contributed by atoms with Crippen LogP contribution in [0.3, 0.4) is 0 Å².